The summed E-state index contributed by atoms with van der Waals surface area (Å²) in [5, 5.41) is 0. The predicted octanol–water partition coefficient (Wildman–Crippen LogP) is 2.30. The first kappa shape index (κ1) is 9.56. The van der Waals surface area contributed by atoms with Crippen LogP contribution in [0.15, 0.2) is 4.99 Å². The van der Waals surface area contributed by atoms with Crippen LogP contribution in [0.25, 0.3) is 0 Å². The summed E-state index contributed by atoms with van der Waals surface area (Å²) in [7, 11) is 0. The molecule has 2 heteroatoms. The van der Waals surface area contributed by atoms with E-state index < -0.39 is 0 Å². The second-order valence-electron chi connectivity index (χ2n) is 3.36. The van der Waals surface area contributed by atoms with Crippen LogP contribution in [0.5, 0.6) is 0 Å². The van der Waals surface area contributed by atoms with E-state index in [4.69, 9.17) is 0 Å². The van der Waals surface area contributed by atoms with Crippen LogP contribution in [0.2, 0.25) is 0 Å². The van der Waals surface area contributed by atoms with Gasteiger partial charge in [0.15, 0.2) is 0 Å². The second kappa shape index (κ2) is 4.48. The SMILES string of the molecule is CC.CC1CCCC2CN=CN12. The molecule has 0 radical (unpaired) electrons. The molecular formula is C10H20N2. The van der Waals surface area contributed by atoms with Gasteiger partial charge >= 0.3 is 0 Å². The Morgan fingerprint density at radius 3 is 2.75 bits per heavy atom. The summed E-state index contributed by atoms with van der Waals surface area (Å²) in [6, 6.07) is 1.49. The summed E-state index contributed by atoms with van der Waals surface area (Å²) >= 11 is 0. The van der Waals surface area contributed by atoms with Crippen LogP contribution in [-0.2, 0) is 0 Å². The Hall–Kier alpha value is -0.530. The lowest BCUT2D eigenvalue weighted by Gasteiger charge is -2.34. The lowest BCUT2D eigenvalue weighted by atomic mass is 9.98. The standard InChI is InChI=1S/C8H14N2.C2H6/c1-7-3-2-4-8-5-9-6-10(7)8;1-2/h6-8H,2-5H2,1H3;1-2H3. The molecule has 0 spiro atoms. The number of rotatable bonds is 0. The molecule has 0 aromatic heterocycles. The lowest BCUT2D eigenvalue weighted by Crippen LogP contribution is -2.42. The van der Waals surface area contributed by atoms with E-state index in [2.05, 4.69) is 16.8 Å². The van der Waals surface area contributed by atoms with E-state index in [0.717, 1.165) is 18.6 Å². The van der Waals surface area contributed by atoms with E-state index in [-0.39, 0.29) is 0 Å². The monoisotopic (exact) mass is 168 g/mol. The molecule has 2 aliphatic rings. The fourth-order valence-electron chi connectivity index (χ4n) is 1.96. The van der Waals surface area contributed by atoms with Gasteiger partial charge in [0.05, 0.1) is 12.9 Å². The highest BCUT2D eigenvalue weighted by Gasteiger charge is 2.27. The van der Waals surface area contributed by atoms with Gasteiger partial charge in [-0.3, -0.25) is 4.99 Å². The molecular weight excluding hydrogens is 148 g/mol. The highest BCUT2D eigenvalue weighted by molar-refractivity contribution is 5.58. The van der Waals surface area contributed by atoms with Crippen LogP contribution in [0.1, 0.15) is 40.0 Å². The van der Waals surface area contributed by atoms with E-state index in [9.17, 15) is 0 Å². The summed E-state index contributed by atoms with van der Waals surface area (Å²) in [4.78, 5) is 6.70. The molecule has 2 heterocycles. The van der Waals surface area contributed by atoms with Crippen molar-refractivity contribution in [1.82, 2.24) is 4.90 Å². The maximum absolute atomic E-state index is 4.28. The van der Waals surface area contributed by atoms with Crippen molar-refractivity contribution in [3.05, 3.63) is 0 Å². The maximum Gasteiger partial charge on any atom is 0.0856 e. The Morgan fingerprint density at radius 2 is 2.08 bits per heavy atom. The Balaban J connectivity index is 0.000000336. The van der Waals surface area contributed by atoms with E-state index in [1.807, 2.05) is 20.2 Å². The molecule has 2 unspecified atom stereocenters. The molecule has 2 nitrogen and oxygen atoms in total. The zero-order valence-corrected chi connectivity index (χ0v) is 8.45. The molecule has 2 atom stereocenters. The van der Waals surface area contributed by atoms with Gasteiger partial charge in [0.2, 0.25) is 0 Å². The van der Waals surface area contributed by atoms with Crippen LogP contribution in [0.3, 0.4) is 0 Å². The first-order chi connectivity index (χ1) is 5.88. The van der Waals surface area contributed by atoms with Crippen molar-refractivity contribution in [3.8, 4) is 0 Å². The minimum atomic E-state index is 0.741. The third kappa shape index (κ3) is 1.79. The average Bonchev–Trinajstić information content (AvgIpc) is 2.57. The number of fused-ring (bicyclic) bond motifs is 1. The average molecular weight is 168 g/mol. The number of aliphatic imine (C=N–C) groups is 1. The van der Waals surface area contributed by atoms with Crippen LogP contribution in [-0.4, -0.2) is 29.9 Å². The molecule has 12 heavy (non-hydrogen) atoms. The third-order valence-electron chi connectivity index (χ3n) is 2.62. The highest BCUT2D eigenvalue weighted by Crippen LogP contribution is 2.23. The van der Waals surface area contributed by atoms with E-state index in [1.54, 1.807) is 0 Å². The fraction of sp³-hybridized carbons (Fsp3) is 0.900. The molecule has 0 aromatic rings. The molecule has 1 fully saturated rings. The summed E-state index contributed by atoms with van der Waals surface area (Å²) in [5.74, 6) is 0. The van der Waals surface area contributed by atoms with Crippen LogP contribution in [0, 0.1) is 0 Å². The second-order valence-corrected chi connectivity index (χ2v) is 3.36. The van der Waals surface area contributed by atoms with Gasteiger partial charge in [0, 0.05) is 12.1 Å². The Bertz CT molecular complexity index is 154. The van der Waals surface area contributed by atoms with Gasteiger partial charge < -0.3 is 4.90 Å². The maximum atomic E-state index is 4.28. The van der Waals surface area contributed by atoms with Crippen molar-refractivity contribution in [2.75, 3.05) is 6.54 Å². The summed E-state index contributed by atoms with van der Waals surface area (Å²) < 4.78 is 0. The van der Waals surface area contributed by atoms with Gasteiger partial charge in [-0.2, -0.15) is 0 Å². The Kier molecular flexibility index (Phi) is 3.57. The highest BCUT2D eigenvalue weighted by atomic mass is 15.3. The minimum absolute atomic E-state index is 0.741. The van der Waals surface area contributed by atoms with Crippen LogP contribution in [0.4, 0.5) is 0 Å². The van der Waals surface area contributed by atoms with Crippen LogP contribution < -0.4 is 0 Å². The Labute approximate surface area is 75.7 Å². The van der Waals surface area contributed by atoms with Gasteiger partial charge in [0.25, 0.3) is 0 Å². The topological polar surface area (TPSA) is 15.6 Å². The molecule has 0 saturated carbocycles. The van der Waals surface area contributed by atoms with Crippen molar-refractivity contribution in [2.45, 2.75) is 52.1 Å². The molecule has 2 rings (SSSR count). The molecule has 2 aliphatic heterocycles. The summed E-state index contributed by atoms with van der Waals surface area (Å²) in [6.45, 7) is 7.34. The largest absolute Gasteiger partial charge is 0.355 e. The van der Waals surface area contributed by atoms with Crippen LogP contribution >= 0.6 is 0 Å². The number of hydrogen-bond acceptors (Lipinski definition) is 2. The third-order valence-corrected chi connectivity index (χ3v) is 2.62. The smallest absolute Gasteiger partial charge is 0.0856 e. The van der Waals surface area contributed by atoms with E-state index >= 15 is 0 Å². The molecule has 0 bridgehead atoms. The van der Waals surface area contributed by atoms with E-state index in [0.29, 0.717) is 0 Å². The number of piperidine rings is 1. The molecule has 1 saturated heterocycles. The fourth-order valence-corrected chi connectivity index (χ4v) is 1.96. The quantitative estimate of drug-likeness (QED) is 0.542. The molecule has 0 N–H and O–H groups in total. The molecule has 0 aliphatic carbocycles. The van der Waals surface area contributed by atoms with Gasteiger partial charge in [-0.15, -0.1) is 0 Å². The van der Waals surface area contributed by atoms with Crippen molar-refractivity contribution in [1.29, 1.82) is 0 Å². The summed E-state index contributed by atoms with van der Waals surface area (Å²) in [5.41, 5.74) is 0. The predicted molar refractivity (Wildman–Crippen MR) is 53.6 cm³/mol. The molecule has 0 amide bonds. The van der Waals surface area contributed by atoms with Crippen molar-refractivity contribution in [3.63, 3.8) is 0 Å². The Morgan fingerprint density at radius 1 is 1.33 bits per heavy atom. The van der Waals surface area contributed by atoms with Gasteiger partial charge in [0.1, 0.15) is 0 Å². The summed E-state index contributed by atoms with van der Waals surface area (Å²) in [6.07, 6.45) is 6.13. The van der Waals surface area contributed by atoms with Gasteiger partial charge in [-0.05, 0) is 26.2 Å². The molecule has 70 valence electrons. The zero-order valence-electron chi connectivity index (χ0n) is 8.45. The minimum Gasteiger partial charge on any atom is -0.355 e. The normalized spacial score (nSPS) is 32.4. The van der Waals surface area contributed by atoms with E-state index in [1.165, 1.54) is 19.3 Å². The van der Waals surface area contributed by atoms with Crippen molar-refractivity contribution < 1.29 is 0 Å². The van der Waals surface area contributed by atoms with Gasteiger partial charge in [-0.25, -0.2) is 0 Å². The number of hydrogen-bond donors (Lipinski definition) is 0. The lowest BCUT2D eigenvalue weighted by molar-refractivity contribution is 0.206. The van der Waals surface area contributed by atoms with Crippen molar-refractivity contribution >= 4 is 6.34 Å². The first-order valence-corrected chi connectivity index (χ1v) is 5.15. The zero-order chi connectivity index (χ0) is 8.97. The molecule has 0 aromatic carbocycles. The number of nitrogens with zero attached hydrogens (tertiary/aromatic N) is 2. The van der Waals surface area contributed by atoms with Gasteiger partial charge in [-0.1, -0.05) is 13.8 Å². The van der Waals surface area contributed by atoms with Crippen molar-refractivity contribution in [2.24, 2.45) is 4.99 Å². The first-order valence-electron chi connectivity index (χ1n) is 5.15.